The van der Waals surface area contributed by atoms with Crippen molar-refractivity contribution in [2.45, 2.75) is 44.2 Å². The lowest BCUT2D eigenvalue weighted by molar-refractivity contribution is -0.145. The van der Waals surface area contributed by atoms with Crippen LogP contribution in [0.25, 0.3) is 0 Å². The first kappa shape index (κ1) is 14.8. The summed E-state index contributed by atoms with van der Waals surface area (Å²) in [6, 6.07) is 1.24. The first-order valence-electron chi connectivity index (χ1n) is 8.11. The average molecular weight is 295 g/mol. The van der Waals surface area contributed by atoms with E-state index in [1.807, 2.05) is 0 Å². The Morgan fingerprint density at radius 1 is 1.05 bits per heavy atom. The summed E-state index contributed by atoms with van der Waals surface area (Å²) in [5, 5.41) is 12.3. The molecule has 2 N–H and O–H groups in total. The molecule has 3 rings (SSSR count). The molecule has 0 aromatic carbocycles. The topological polar surface area (TPSA) is 72.9 Å². The summed E-state index contributed by atoms with van der Waals surface area (Å²) in [7, 11) is 0. The molecule has 118 valence electrons. The lowest BCUT2D eigenvalue weighted by Gasteiger charge is -2.30. The minimum atomic E-state index is -0.730. The summed E-state index contributed by atoms with van der Waals surface area (Å²) in [6.45, 7) is 3.77. The van der Waals surface area contributed by atoms with Gasteiger partial charge in [0.15, 0.2) is 0 Å². The van der Waals surface area contributed by atoms with Crippen LogP contribution in [-0.2, 0) is 9.59 Å². The maximum atomic E-state index is 12.2. The minimum absolute atomic E-state index is 0.115. The summed E-state index contributed by atoms with van der Waals surface area (Å²) >= 11 is 0. The molecular formula is C15H25N3O3. The first-order chi connectivity index (χ1) is 10.1. The minimum Gasteiger partial charge on any atom is -0.481 e. The van der Waals surface area contributed by atoms with Gasteiger partial charge in [0, 0.05) is 38.3 Å². The fraction of sp³-hybridized carbons (Fsp3) is 0.867. The molecule has 0 aromatic rings. The highest BCUT2D eigenvalue weighted by atomic mass is 16.4. The third-order valence-corrected chi connectivity index (χ3v) is 5.02. The van der Waals surface area contributed by atoms with Crippen LogP contribution < -0.4 is 5.32 Å². The van der Waals surface area contributed by atoms with Gasteiger partial charge in [-0.15, -0.1) is 0 Å². The van der Waals surface area contributed by atoms with E-state index in [1.165, 1.54) is 12.8 Å². The van der Waals surface area contributed by atoms with Gasteiger partial charge in [-0.1, -0.05) is 0 Å². The van der Waals surface area contributed by atoms with Crippen LogP contribution in [0.15, 0.2) is 0 Å². The van der Waals surface area contributed by atoms with Gasteiger partial charge in [-0.2, -0.15) is 0 Å². The van der Waals surface area contributed by atoms with E-state index < -0.39 is 5.97 Å². The fourth-order valence-electron chi connectivity index (χ4n) is 3.44. The van der Waals surface area contributed by atoms with Crippen molar-refractivity contribution in [3.8, 4) is 0 Å². The average Bonchev–Trinajstić information content (AvgIpc) is 3.24. The number of aliphatic carboxylic acids is 1. The summed E-state index contributed by atoms with van der Waals surface area (Å²) in [5.74, 6) is -0.890. The van der Waals surface area contributed by atoms with Gasteiger partial charge in [-0.25, -0.2) is 0 Å². The number of nitrogens with one attached hydrogen (secondary N) is 1. The molecule has 1 aliphatic carbocycles. The molecule has 1 amide bonds. The molecule has 0 radical (unpaired) electrons. The number of nitrogens with zero attached hydrogens (tertiary/aromatic N) is 2. The van der Waals surface area contributed by atoms with E-state index in [1.54, 1.807) is 4.90 Å². The molecule has 0 aromatic heterocycles. The van der Waals surface area contributed by atoms with Gasteiger partial charge in [0.05, 0.1) is 12.5 Å². The van der Waals surface area contributed by atoms with E-state index in [4.69, 9.17) is 5.11 Å². The quantitative estimate of drug-likeness (QED) is 0.754. The van der Waals surface area contributed by atoms with E-state index in [0.717, 1.165) is 25.6 Å². The Balaban J connectivity index is 1.36. The molecule has 2 heterocycles. The summed E-state index contributed by atoms with van der Waals surface area (Å²) in [6.07, 6.45) is 4.97. The summed E-state index contributed by atoms with van der Waals surface area (Å²) in [5.41, 5.74) is 0. The zero-order chi connectivity index (χ0) is 14.8. The van der Waals surface area contributed by atoms with Crippen molar-refractivity contribution in [1.29, 1.82) is 0 Å². The lowest BCUT2D eigenvalue weighted by atomic mass is 9.97. The third-order valence-electron chi connectivity index (χ3n) is 5.02. The molecular weight excluding hydrogens is 270 g/mol. The normalized spacial score (nSPS) is 28.0. The number of hydrogen-bond acceptors (Lipinski definition) is 4. The second-order valence-corrected chi connectivity index (χ2v) is 6.59. The van der Waals surface area contributed by atoms with Gasteiger partial charge >= 0.3 is 5.97 Å². The van der Waals surface area contributed by atoms with Gasteiger partial charge in [0.1, 0.15) is 0 Å². The SMILES string of the molecule is O=C(O)C1CCN(C(=O)CNC2CCN(C3CC3)C2)CC1. The van der Waals surface area contributed by atoms with E-state index >= 15 is 0 Å². The van der Waals surface area contributed by atoms with Gasteiger partial charge in [0.2, 0.25) is 5.91 Å². The number of carboxylic acids is 1. The van der Waals surface area contributed by atoms with Gasteiger partial charge < -0.3 is 15.3 Å². The second kappa shape index (κ2) is 6.32. The monoisotopic (exact) mass is 295 g/mol. The molecule has 1 saturated carbocycles. The van der Waals surface area contributed by atoms with Gasteiger partial charge in [0.25, 0.3) is 0 Å². The number of piperidine rings is 1. The number of carbonyl (C=O) groups is 2. The predicted octanol–water partition coefficient (Wildman–Crippen LogP) is 0.136. The third kappa shape index (κ3) is 3.74. The molecule has 1 unspecified atom stereocenters. The molecule has 2 aliphatic heterocycles. The van der Waals surface area contributed by atoms with Crippen molar-refractivity contribution >= 4 is 11.9 Å². The molecule has 21 heavy (non-hydrogen) atoms. The molecule has 6 heteroatoms. The molecule has 6 nitrogen and oxygen atoms in total. The van der Waals surface area contributed by atoms with E-state index in [2.05, 4.69) is 10.2 Å². The Bertz CT molecular complexity index is 403. The van der Waals surface area contributed by atoms with E-state index in [-0.39, 0.29) is 11.8 Å². The van der Waals surface area contributed by atoms with Crippen molar-refractivity contribution in [2.24, 2.45) is 5.92 Å². The maximum Gasteiger partial charge on any atom is 0.306 e. The van der Waals surface area contributed by atoms with Crippen molar-refractivity contribution in [2.75, 3.05) is 32.7 Å². The number of amides is 1. The molecule has 0 bridgehead atoms. The second-order valence-electron chi connectivity index (χ2n) is 6.59. The Kier molecular flexibility index (Phi) is 4.45. The molecule has 3 fully saturated rings. The Morgan fingerprint density at radius 3 is 2.38 bits per heavy atom. The lowest BCUT2D eigenvalue weighted by Crippen LogP contribution is -2.46. The van der Waals surface area contributed by atoms with Crippen molar-refractivity contribution in [3.63, 3.8) is 0 Å². The summed E-state index contributed by atoms with van der Waals surface area (Å²) in [4.78, 5) is 27.4. The van der Waals surface area contributed by atoms with Crippen LogP contribution in [0.4, 0.5) is 0 Å². The van der Waals surface area contributed by atoms with Crippen LogP contribution in [0.2, 0.25) is 0 Å². The maximum absolute atomic E-state index is 12.2. The number of likely N-dealkylation sites (tertiary alicyclic amines) is 2. The van der Waals surface area contributed by atoms with Crippen molar-refractivity contribution in [1.82, 2.24) is 15.1 Å². The zero-order valence-corrected chi connectivity index (χ0v) is 12.5. The zero-order valence-electron chi connectivity index (χ0n) is 12.5. The smallest absolute Gasteiger partial charge is 0.306 e. The Labute approximate surface area is 125 Å². The van der Waals surface area contributed by atoms with Crippen LogP contribution in [0.5, 0.6) is 0 Å². The highest BCUT2D eigenvalue weighted by Gasteiger charge is 2.34. The molecule has 3 aliphatic rings. The van der Waals surface area contributed by atoms with Crippen LogP contribution >= 0.6 is 0 Å². The van der Waals surface area contributed by atoms with Crippen molar-refractivity contribution < 1.29 is 14.7 Å². The van der Waals surface area contributed by atoms with Crippen LogP contribution in [0.3, 0.4) is 0 Å². The highest BCUT2D eigenvalue weighted by molar-refractivity contribution is 5.79. The standard InChI is InChI=1S/C15H25N3O3/c19-14(17-6-3-11(4-7-17)15(20)21)9-16-12-5-8-18(10-12)13-1-2-13/h11-13,16H,1-10H2,(H,20,21). The van der Waals surface area contributed by atoms with Crippen LogP contribution in [0.1, 0.15) is 32.1 Å². The number of carboxylic acid groups (broad SMARTS) is 1. The molecule has 0 spiro atoms. The van der Waals surface area contributed by atoms with E-state index in [9.17, 15) is 9.59 Å². The largest absolute Gasteiger partial charge is 0.481 e. The molecule has 2 saturated heterocycles. The van der Waals surface area contributed by atoms with Crippen LogP contribution in [-0.4, -0.2) is 71.6 Å². The van der Waals surface area contributed by atoms with Gasteiger partial charge in [-0.05, 0) is 32.1 Å². The Morgan fingerprint density at radius 2 is 1.76 bits per heavy atom. The van der Waals surface area contributed by atoms with Crippen LogP contribution in [0, 0.1) is 5.92 Å². The fourth-order valence-corrected chi connectivity index (χ4v) is 3.44. The number of hydrogen-bond donors (Lipinski definition) is 2. The van der Waals surface area contributed by atoms with E-state index in [0.29, 0.717) is 38.5 Å². The highest BCUT2D eigenvalue weighted by Crippen LogP contribution is 2.29. The van der Waals surface area contributed by atoms with Crippen molar-refractivity contribution in [3.05, 3.63) is 0 Å². The summed E-state index contributed by atoms with van der Waals surface area (Å²) < 4.78 is 0. The number of rotatable bonds is 5. The number of carbonyl (C=O) groups excluding carboxylic acids is 1. The predicted molar refractivity (Wildman–Crippen MR) is 77.9 cm³/mol. The first-order valence-corrected chi connectivity index (χ1v) is 8.11. The Hall–Kier alpha value is -1.14. The van der Waals surface area contributed by atoms with Gasteiger partial charge in [-0.3, -0.25) is 14.5 Å². The molecule has 1 atom stereocenters.